The molecule has 2 atom stereocenters. The Bertz CT molecular complexity index is 1420. The van der Waals surface area contributed by atoms with Crippen LogP contribution in [0.4, 0.5) is 22.0 Å². The Kier molecular flexibility index (Phi) is 7.50. The second-order valence-electron chi connectivity index (χ2n) is 11.9. The molecule has 2 saturated heterocycles. The van der Waals surface area contributed by atoms with E-state index in [9.17, 15) is 26.7 Å². The highest BCUT2D eigenvalue weighted by Crippen LogP contribution is 2.40. The molecule has 3 heterocycles. The predicted molar refractivity (Wildman–Crippen MR) is 141 cm³/mol. The second-order valence-corrected chi connectivity index (χ2v) is 11.9. The molecule has 2 aromatic carbocycles. The number of carbonyl (C=O) groups is 1. The van der Waals surface area contributed by atoms with Gasteiger partial charge in [-0.1, -0.05) is 6.07 Å². The maximum atomic E-state index is 14.8. The molecule has 2 aliphatic heterocycles. The maximum absolute atomic E-state index is 14.8. The Morgan fingerprint density at radius 3 is 2.23 bits per heavy atom. The molecule has 1 amide bonds. The molecule has 0 spiro atoms. The van der Waals surface area contributed by atoms with Crippen molar-refractivity contribution in [2.24, 2.45) is 5.92 Å². The Hall–Kier alpha value is -3.27. The Morgan fingerprint density at radius 1 is 0.900 bits per heavy atom. The lowest BCUT2D eigenvalue weighted by atomic mass is 9.86. The number of rotatable bonds is 4. The highest BCUT2D eigenvalue weighted by molar-refractivity contribution is 5.81. The minimum Gasteiger partial charge on any atom is -0.342 e. The number of piperidine rings is 1. The van der Waals surface area contributed by atoms with Gasteiger partial charge in [-0.05, 0) is 58.2 Å². The monoisotopic (exact) mass is 560 g/mol. The lowest BCUT2D eigenvalue weighted by Crippen LogP contribution is -2.44. The number of halogens is 5. The van der Waals surface area contributed by atoms with E-state index in [1.54, 1.807) is 17.9 Å². The molecular weight excluding hydrogens is 527 g/mol. The molecule has 10 heteroatoms. The summed E-state index contributed by atoms with van der Waals surface area (Å²) in [4.78, 5) is 17.8. The number of hydrogen-bond donors (Lipinski definition) is 0. The van der Waals surface area contributed by atoms with Crippen LogP contribution in [0.1, 0.15) is 62.4 Å². The van der Waals surface area contributed by atoms with Crippen molar-refractivity contribution in [2.45, 2.75) is 57.9 Å². The molecular formula is C30H33F5N4O. The number of amides is 1. The van der Waals surface area contributed by atoms with Crippen LogP contribution in [0.3, 0.4) is 0 Å². The van der Waals surface area contributed by atoms with Crippen LogP contribution in [0.25, 0.3) is 5.69 Å². The van der Waals surface area contributed by atoms with Gasteiger partial charge in [-0.2, -0.15) is 5.10 Å². The summed E-state index contributed by atoms with van der Waals surface area (Å²) in [7, 11) is 0. The maximum Gasteiger partial charge on any atom is 0.227 e. The standard InChI is InChI=1S/C30H33F5N4O/c1-17-11-26(39(36-17)27-14-20(32)13-25(34)28(27)35)18-7-9-37(10-8-18)29(40)23-16-38(30(2,3)4)15-22(23)21-6-5-19(31)12-24(21)33/h5-6,11-14,18,22-23H,7-10,15-16H2,1-4H3/t22-,23+/m0/s1. The molecule has 0 radical (unpaired) electrons. The zero-order chi connectivity index (χ0) is 28.9. The molecule has 5 nitrogen and oxygen atoms in total. The minimum absolute atomic E-state index is 0.0816. The molecule has 2 aliphatic rings. The van der Waals surface area contributed by atoms with Crippen LogP contribution in [-0.2, 0) is 4.79 Å². The van der Waals surface area contributed by atoms with Crippen molar-refractivity contribution in [1.29, 1.82) is 0 Å². The summed E-state index contributed by atoms with van der Waals surface area (Å²) in [6, 6.07) is 6.71. The van der Waals surface area contributed by atoms with Crippen molar-refractivity contribution < 1.29 is 26.7 Å². The third-order valence-electron chi connectivity index (χ3n) is 8.23. The number of carbonyl (C=O) groups excluding carboxylic acids is 1. The van der Waals surface area contributed by atoms with Gasteiger partial charge in [0.2, 0.25) is 5.91 Å². The van der Waals surface area contributed by atoms with Crippen molar-refractivity contribution in [3.63, 3.8) is 0 Å². The van der Waals surface area contributed by atoms with Crippen LogP contribution >= 0.6 is 0 Å². The first kappa shape index (κ1) is 28.3. The molecule has 2 fully saturated rings. The number of hydrogen-bond acceptors (Lipinski definition) is 3. The largest absolute Gasteiger partial charge is 0.342 e. The smallest absolute Gasteiger partial charge is 0.227 e. The van der Waals surface area contributed by atoms with Crippen molar-refractivity contribution in [3.8, 4) is 5.69 Å². The SMILES string of the molecule is Cc1cc(C2CCN(C(=O)[C@@H]3CN(C(C)(C)C)C[C@H]3c3ccc(F)cc3F)CC2)n(-c2cc(F)cc(F)c2F)n1. The number of nitrogens with zero attached hydrogens (tertiary/aromatic N) is 4. The van der Waals surface area contributed by atoms with Gasteiger partial charge in [-0.3, -0.25) is 9.69 Å². The van der Waals surface area contributed by atoms with Gasteiger partial charge in [0.05, 0.1) is 11.6 Å². The third-order valence-corrected chi connectivity index (χ3v) is 8.23. The molecule has 3 aromatic rings. The molecule has 0 unspecified atom stereocenters. The summed E-state index contributed by atoms with van der Waals surface area (Å²) >= 11 is 0. The third kappa shape index (κ3) is 5.38. The van der Waals surface area contributed by atoms with E-state index in [0.29, 0.717) is 62.0 Å². The van der Waals surface area contributed by atoms with Crippen LogP contribution in [0.2, 0.25) is 0 Å². The van der Waals surface area contributed by atoms with Gasteiger partial charge in [0, 0.05) is 67.4 Å². The van der Waals surface area contributed by atoms with Gasteiger partial charge in [0.25, 0.3) is 0 Å². The van der Waals surface area contributed by atoms with Crippen LogP contribution < -0.4 is 0 Å². The lowest BCUT2D eigenvalue weighted by Gasteiger charge is -2.35. The fraction of sp³-hybridized carbons (Fsp3) is 0.467. The summed E-state index contributed by atoms with van der Waals surface area (Å²) in [5, 5.41) is 4.30. The van der Waals surface area contributed by atoms with Crippen molar-refractivity contribution in [2.75, 3.05) is 26.2 Å². The van der Waals surface area contributed by atoms with E-state index in [1.807, 2.05) is 20.8 Å². The predicted octanol–water partition coefficient (Wildman–Crippen LogP) is 6.10. The van der Waals surface area contributed by atoms with E-state index in [-0.39, 0.29) is 23.1 Å². The fourth-order valence-electron chi connectivity index (χ4n) is 6.05. The summed E-state index contributed by atoms with van der Waals surface area (Å²) in [5.74, 6) is -5.79. The Balaban J connectivity index is 1.36. The van der Waals surface area contributed by atoms with E-state index in [4.69, 9.17) is 0 Å². The number of aryl methyl sites for hydroxylation is 1. The van der Waals surface area contributed by atoms with Gasteiger partial charge in [0.15, 0.2) is 11.6 Å². The van der Waals surface area contributed by atoms with Gasteiger partial charge < -0.3 is 4.90 Å². The molecule has 0 bridgehead atoms. The Labute approximate surface area is 230 Å². The first-order valence-corrected chi connectivity index (χ1v) is 13.5. The van der Waals surface area contributed by atoms with Crippen LogP contribution in [-0.4, -0.2) is 57.2 Å². The van der Waals surface area contributed by atoms with Crippen LogP contribution in [0.15, 0.2) is 36.4 Å². The fourth-order valence-corrected chi connectivity index (χ4v) is 6.05. The van der Waals surface area contributed by atoms with Gasteiger partial charge in [-0.25, -0.2) is 26.6 Å². The van der Waals surface area contributed by atoms with Crippen molar-refractivity contribution >= 4 is 5.91 Å². The average molecular weight is 561 g/mol. The van der Waals surface area contributed by atoms with E-state index in [2.05, 4.69) is 10.00 Å². The summed E-state index contributed by atoms with van der Waals surface area (Å²) < 4.78 is 72.2. The van der Waals surface area contributed by atoms with E-state index >= 15 is 0 Å². The zero-order valence-electron chi connectivity index (χ0n) is 23.0. The quantitative estimate of drug-likeness (QED) is 0.286. The van der Waals surface area contributed by atoms with Crippen LogP contribution in [0, 0.1) is 41.9 Å². The zero-order valence-corrected chi connectivity index (χ0v) is 23.0. The van der Waals surface area contributed by atoms with E-state index in [0.717, 1.165) is 12.1 Å². The molecule has 5 rings (SSSR count). The molecule has 0 saturated carbocycles. The average Bonchev–Trinajstić information content (AvgIpc) is 3.50. The number of benzene rings is 2. The van der Waals surface area contributed by atoms with Gasteiger partial charge >= 0.3 is 0 Å². The van der Waals surface area contributed by atoms with E-state index in [1.165, 1.54) is 16.8 Å². The first-order chi connectivity index (χ1) is 18.8. The topological polar surface area (TPSA) is 41.4 Å². The summed E-state index contributed by atoms with van der Waals surface area (Å²) in [6.07, 6.45) is 1.09. The molecule has 1 aromatic heterocycles. The highest BCUT2D eigenvalue weighted by Gasteiger charge is 2.45. The lowest BCUT2D eigenvalue weighted by molar-refractivity contribution is -0.136. The molecule has 0 aliphatic carbocycles. The summed E-state index contributed by atoms with van der Waals surface area (Å²) in [5.41, 5.74) is 1.01. The normalized spacial score (nSPS) is 20.9. The van der Waals surface area contributed by atoms with Gasteiger partial charge in [0.1, 0.15) is 23.1 Å². The molecule has 0 N–H and O–H groups in total. The van der Waals surface area contributed by atoms with E-state index < -0.39 is 40.9 Å². The molecule has 40 heavy (non-hydrogen) atoms. The number of aromatic nitrogens is 2. The highest BCUT2D eigenvalue weighted by atomic mass is 19.2. The minimum atomic E-state index is -1.29. The van der Waals surface area contributed by atoms with Crippen molar-refractivity contribution in [3.05, 3.63) is 82.4 Å². The summed E-state index contributed by atoms with van der Waals surface area (Å²) in [6.45, 7) is 9.62. The first-order valence-electron chi connectivity index (χ1n) is 13.5. The Morgan fingerprint density at radius 2 is 1.57 bits per heavy atom. The van der Waals surface area contributed by atoms with Crippen LogP contribution in [0.5, 0.6) is 0 Å². The molecule has 214 valence electrons. The van der Waals surface area contributed by atoms with Gasteiger partial charge in [-0.15, -0.1) is 0 Å². The number of likely N-dealkylation sites (tertiary alicyclic amines) is 2. The second kappa shape index (κ2) is 10.6. The van der Waals surface area contributed by atoms with Crippen molar-refractivity contribution in [1.82, 2.24) is 19.6 Å².